The first-order chi connectivity index (χ1) is 15.9. The number of fused-ring (bicyclic) bond motifs is 1. The van der Waals surface area contributed by atoms with E-state index in [4.69, 9.17) is 9.72 Å². The Labute approximate surface area is 188 Å². The summed E-state index contributed by atoms with van der Waals surface area (Å²) in [5.74, 6) is 1.04. The molecule has 2 aromatic carbocycles. The molecule has 0 bridgehead atoms. The SMILES string of the molecule is COc1ccc(-n2c([C@H]3CCCN3C(=O)O)nc3c(C4CC4)cc([N+](=O)[O-])cc3c2=O)cc1. The monoisotopic (exact) mass is 450 g/mol. The molecule has 3 aromatic rings. The van der Waals surface area contributed by atoms with Crippen molar-refractivity contribution < 1.29 is 19.6 Å². The molecular weight excluding hydrogens is 428 g/mol. The Bertz CT molecular complexity index is 1330. The van der Waals surface area contributed by atoms with Crippen LogP contribution in [0.5, 0.6) is 5.75 Å². The molecule has 2 aliphatic rings. The third kappa shape index (κ3) is 3.57. The minimum atomic E-state index is -1.07. The molecule has 1 N–H and O–H groups in total. The Morgan fingerprint density at radius 2 is 1.94 bits per heavy atom. The van der Waals surface area contributed by atoms with Crippen LogP contribution in [0.1, 0.15) is 49.0 Å². The van der Waals surface area contributed by atoms with Gasteiger partial charge >= 0.3 is 6.09 Å². The second-order valence-electron chi connectivity index (χ2n) is 8.41. The fourth-order valence-corrected chi connectivity index (χ4v) is 4.60. The second-order valence-corrected chi connectivity index (χ2v) is 8.41. The lowest BCUT2D eigenvalue weighted by Crippen LogP contribution is -2.34. The van der Waals surface area contributed by atoms with Crippen molar-refractivity contribution in [3.05, 3.63) is 68.3 Å². The van der Waals surface area contributed by atoms with Crippen molar-refractivity contribution in [2.24, 2.45) is 0 Å². The van der Waals surface area contributed by atoms with Crippen LogP contribution in [0.4, 0.5) is 10.5 Å². The van der Waals surface area contributed by atoms with Crippen molar-refractivity contribution in [3.8, 4) is 11.4 Å². The molecule has 1 amide bonds. The summed E-state index contributed by atoms with van der Waals surface area (Å²) in [6.45, 7) is 0.353. The van der Waals surface area contributed by atoms with Gasteiger partial charge < -0.3 is 9.84 Å². The van der Waals surface area contributed by atoms with Crippen molar-refractivity contribution in [3.63, 3.8) is 0 Å². The number of likely N-dealkylation sites (tertiary alicyclic amines) is 1. The lowest BCUT2D eigenvalue weighted by Gasteiger charge is -2.25. The lowest BCUT2D eigenvalue weighted by molar-refractivity contribution is -0.384. The zero-order valence-corrected chi connectivity index (χ0v) is 17.9. The Kier molecular flexibility index (Phi) is 4.99. The summed E-state index contributed by atoms with van der Waals surface area (Å²) in [6.07, 6.45) is 1.87. The Hall–Kier alpha value is -3.95. The number of carboxylic acid groups (broad SMARTS) is 1. The van der Waals surface area contributed by atoms with E-state index in [1.54, 1.807) is 24.3 Å². The first-order valence-corrected chi connectivity index (χ1v) is 10.8. The average molecular weight is 450 g/mol. The van der Waals surface area contributed by atoms with Gasteiger partial charge in [-0.1, -0.05) is 0 Å². The molecule has 1 saturated carbocycles. The van der Waals surface area contributed by atoms with Gasteiger partial charge in [-0.05, 0) is 61.4 Å². The predicted octanol–water partition coefficient (Wildman–Crippen LogP) is 3.99. The summed E-state index contributed by atoms with van der Waals surface area (Å²) in [6, 6.07) is 8.95. The van der Waals surface area contributed by atoms with Crippen LogP contribution in [0.3, 0.4) is 0 Å². The average Bonchev–Trinajstić information content (AvgIpc) is 3.53. The third-order valence-corrected chi connectivity index (χ3v) is 6.37. The number of amides is 1. The normalized spacial score (nSPS) is 18.0. The van der Waals surface area contributed by atoms with Crippen LogP contribution < -0.4 is 10.3 Å². The fourth-order valence-electron chi connectivity index (χ4n) is 4.60. The van der Waals surface area contributed by atoms with Crippen LogP contribution in [-0.4, -0.2) is 44.2 Å². The maximum Gasteiger partial charge on any atom is 0.407 e. The molecule has 0 radical (unpaired) electrons. The van der Waals surface area contributed by atoms with Crippen LogP contribution in [-0.2, 0) is 0 Å². The van der Waals surface area contributed by atoms with E-state index in [0.29, 0.717) is 47.7 Å². The predicted molar refractivity (Wildman–Crippen MR) is 119 cm³/mol. The first-order valence-electron chi connectivity index (χ1n) is 10.8. The molecule has 5 rings (SSSR count). The largest absolute Gasteiger partial charge is 0.497 e. The van der Waals surface area contributed by atoms with Crippen molar-refractivity contribution in [1.82, 2.24) is 14.5 Å². The number of benzene rings is 2. The van der Waals surface area contributed by atoms with E-state index in [1.807, 2.05) is 0 Å². The molecule has 1 aliphatic carbocycles. The van der Waals surface area contributed by atoms with E-state index >= 15 is 0 Å². The molecule has 0 unspecified atom stereocenters. The molecular formula is C23H22N4O6. The highest BCUT2D eigenvalue weighted by atomic mass is 16.6. The summed E-state index contributed by atoms with van der Waals surface area (Å²) in [4.78, 5) is 42.9. The second kappa shape index (κ2) is 7.88. The molecule has 10 heteroatoms. The number of hydrogen-bond donors (Lipinski definition) is 1. The number of nitro benzene ring substituents is 1. The minimum Gasteiger partial charge on any atom is -0.497 e. The minimum absolute atomic E-state index is 0.114. The van der Waals surface area contributed by atoms with Crippen LogP contribution in [0, 0.1) is 10.1 Å². The third-order valence-electron chi connectivity index (χ3n) is 6.37. The van der Waals surface area contributed by atoms with Gasteiger partial charge in [-0.2, -0.15) is 0 Å². The maximum absolute atomic E-state index is 13.8. The summed E-state index contributed by atoms with van der Waals surface area (Å²) < 4.78 is 6.59. The van der Waals surface area contributed by atoms with E-state index in [-0.39, 0.29) is 17.0 Å². The van der Waals surface area contributed by atoms with Crippen molar-refractivity contribution in [2.75, 3.05) is 13.7 Å². The maximum atomic E-state index is 13.8. The number of ether oxygens (including phenoxy) is 1. The molecule has 1 atom stereocenters. The Morgan fingerprint density at radius 1 is 1.21 bits per heavy atom. The van der Waals surface area contributed by atoms with Crippen molar-refractivity contribution in [2.45, 2.75) is 37.6 Å². The number of nitrogens with zero attached hydrogens (tertiary/aromatic N) is 4. The van der Waals surface area contributed by atoms with Gasteiger partial charge in [0.25, 0.3) is 11.2 Å². The van der Waals surface area contributed by atoms with Gasteiger partial charge in [0.15, 0.2) is 0 Å². The molecule has 170 valence electrons. The Balaban J connectivity index is 1.83. The topological polar surface area (TPSA) is 128 Å². The number of non-ortho nitro benzene ring substituents is 1. The smallest absolute Gasteiger partial charge is 0.407 e. The zero-order valence-electron chi connectivity index (χ0n) is 17.9. The summed E-state index contributed by atoms with van der Waals surface area (Å²) in [5.41, 5.74) is 0.986. The molecule has 2 fully saturated rings. The van der Waals surface area contributed by atoms with Crippen LogP contribution in [0.2, 0.25) is 0 Å². The summed E-state index contributed by atoms with van der Waals surface area (Å²) in [5, 5.41) is 21.4. The van der Waals surface area contributed by atoms with E-state index < -0.39 is 22.6 Å². The zero-order chi connectivity index (χ0) is 23.3. The molecule has 1 aliphatic heterocycles. The molecule has 1 aromatic heterocycles. The van der Waals surface area contributed by atoms with Gasteiger partial charge in [-0.25, -0.2) is 9.78 Å². The summed E-state index contributed by atoms with van der Waals surface area (Å²) in [7, 11) is 1.53. The first kappa shape index (κ1) is 20.9. The van der Waals surface area contributed by atoms with Crippen molar-refractivity contribution >= 4 is 22.7 Å². The number of methoxy groups -OCH3 is 1. The highest BCUT2D eigenvalue weighted by molar-refractivity contribution is 5.85. The number of nitro groups is 1. The van der Waals surface area contributed by atoms with Crippen molar-refractivity contribution in [1.29, 1.82) is 0 Å². The van der Waals surface area contributed by atoms with Gasteiger partial charge in [0.05, 0.1) is 34.7 Å². The number of rotatable bonds is 5. The highest BCUT2D eigenvalue weighted by Gasteiger charge is 2.36. The van der Waals surface area contributed by atoms with Crippen LogP contribution in [0.15, 0.2) is 41.2 Å². The van der Waals surface area contributed by atoms with Crippen LogP contribution >= 0.6 is 0 Å². The lowest BCUT2D eigenvalue weighted by atomic mass is 10.0. The molecule has 33 heavy (non-hydrogen) atoms. The van der Waals surface area contributed by atoms with E-state index in [2.05, 4.69) is 0 Å². The van der Waals surface area contributed by atoms with Gasteiger partial charge in [0.2, 0.25) is 0 Å². The standard InChI is InChI=1S/C23H22N4O6/c1-33-16-8-6-14(7-9-16)26-21(19-3-2-10-25(19)23(29)30)24-20-17(13-4-5-13)11-15(27(31)32)12-18(20)22(26)28/h6-9,11-13,19H,2-5,10H2,1H3,(H,29,30)/t19-/m1/s1. The molecule has 10 nitrogen and oxygen atoms in total. The number of hydrogen-bond acceptors (Lipinski definition) is 6. The summed E-state index contributed by atoms with van der Waals surface area (Å²) >= 11 is 0. The van der Waals surface area contributed by atoms with Gasteiger partial charge in [-0.3, -0.25) is 24.4 Å². The number of aromatic nitrogens is 2. The van der Waals surface area contributed by atoms with E-state index in [1.165, 1.54) is 28.7 Å². The molecule has 2 heterocycles. The van der Waals surface area contributed by atoms with E-state index in [0.717, 1.165) is 12.8 Å². The van der Waals surface area contributed by atoms with Gasteiger partial charge in [-0.15, -0.1) is 0 Å². The highest BCUT2D eigenvalue weighted by Crippen LogP contribution is 2.44. The van der Waals surface area contributed by atoms with Crippen LogP contribution in [0.25, 0.3) is 16.6 Å². The van der Waals surface area contributed by atoms with E-state index in [9.17, 15) is 24.8 Å². The van der Waals surface area contributed by atoms with Gasteiger partial charge in [0.1, 0.15) is 11.6 Å². The number of carbonyl (C=O) groups is 1. The van der Waals surface area contributed by atoms with Gasteiger partial charge in [0, 0.05) is 18.7 Å². The quantitative estimate of drug-likeness (QED) is 0.460. The molecule has 0 spiro atoms. The fraction of sp³-hybridized carbons (Fsp3) is 0.348. The Morgan fingerprint density at radius 3 is 2.55 bits per heavy atom. The molecule has 1 saturated heterocycles.